The van der Waals surface area contributed by atoms with Gasteiger partial charge in [0.2, 0.25) is 11.8 Å². The van der Waals surface area contributed by atoms with E-state index in [0.717, 1.165) is 32.4 Å². The van der Waals surface area contributed by atoms with Crippen LogP contribution in [0.4, 0.5) is 0 Å². The normalized spacial score (nSPS) is 23.9. The van der Waals surface area contributed by atoms with Crippen molar-refractivity contribution in [2.45, 2.75) is 44.6 Å². The van der Waals surface area contributed by atoms with E-state index in [1.807, 2.05) is 21.1 Å². The molecule has 5 nitrogen and oxygen atoms in total. The van der Waals surface area contributed by atoms with Gasteiger partial charge in [-0.05, 0) is 33.4 Å². The summed E-state index contributed by atoms with van der Waals surface area (Å²) in [5, 5.41) is 0. The van der Waals surface area contributed by atoms with Crippen LogP contribution in [0.1, 0.15) is 38.5 Å². The zero-order valence-corrected chi connectivity index (χ0v) is 13.7. The lowest BCUT2D eigenvalue weighted by molar-refractivity contribution is -0.146. The summed E-state index contributed by atoms with van der Waals surface area (Å²) in [6.45, 7) is 2.39. The summed E-state index contributed by atoms with van der Waals surface area (Å²) in [6.07, 6.45) is 5.90. The topological polar surface area (TPSA) is 43.9 Å². The molecule has 1 saturated carbocycles. The van der Waals surface area contributed by atoms with E-state index in [4.69, 9.17) is 0 Å². The third-order valence-electron chi connectivity index (χ3n) is 4.85. The van der Waals surface area contributed by atoms with Crippen LogP contribution >= 0.6 is 0 Å². The molecule has 0 aromatic carbocycles. The van der Waals surface area contributed by atoms with Gasteiger partial charge in [0.15, 0.2) is 0 Å². The van der Waals surface area contributed by atoms with Crippen molar-refractivity contribution >= 4 is 11.8 Å². The van der Waals surface area contributed by atoms with Gasteiger partial charge in [0.25, 0.3) is 0 Å². The van der Waals surface area contributed by atoms with E-state index in [0.29, 0.717) is 19.0 Å². The minimum absolute atomic E-state index is 0.100. The second-order valence-corrected chi connectivity index (χ2v) is 6.78. The van der Waals surface area contributed by atoms with Crippen LogP contribution in [0.25, 0.3) is 0 Å². The van der Waals surface area contributed by atoms with Crippen LogP contribution in [0.5, 0.6) is 0 Å². The molecule has 1 saturated heterocycles. The van der Waals surface area contributed by atoms with Crippen LogP contribution in [0.3, 0.4) is 0 Å². The fraction of sp³-hybridized carbons (Fsp3) is 0.875. The lowest BCUT2D eigenvalue weighted by Gasteiger charge is -2.36. The molecule has 1 unspecified atom stereocenters. The Labute approximate surface area is 128 Å². The van der Waals surface area contributed by atoms with Gasteiger partial charge in [0.05, 0.1) is 0 Å². The van der Waals surface area contributed by atoms with Crippen molar-refractivity contribution in [3.63, 3.8) is 0 Å². The Balaban J connectivity index is 2.00. The number of likely N-dealkylation sites (tertiary alicyclic amines) is 1. The monoisotopic (exact) mass is 295 g/mol. The molecule has 0 aromatic rings. The Morgan fingerprint density at radius 2 is 1.86 bits per heavy atom. The minimum Gasteiger partial charge on any atom is -0.346 e. The van der Waals surface area contributed by atoms with E-state index in [9.17, 15) is 9.59 Å². The predicted octanol–water partition coefficient (Wildman–Crippen LogP) is 1.19. The molecular formula is C16H29N3O2. The summed E-state index contributed by atoms with van der Waals surface area (Å²) in [7, 11) is 5.90. The number of hydrogen-bond acceptors (Lipinski definition) is 3. The first-order chi connectivity index (χ1) is 9.99. The van der Waals surface area contributed by atoms with Gasteiger partial charge in [-0.25, -0.2) is 0 Å². The van der Waals surface area contributed by atoms with Crippen LogP contribution in [-0.4, -0.2) is 73.3 Å². The van der Waals surface area contributed by atoms with Gasteiger partial charge in [-0.1, -0.05) is 12.8 Å². The lowest BCUT2D eigenvalue weighted by Crippen LogP contribution is -2.48. The molecule has 0 radical (unpaired) electrons. The minimum atomic E-state index is -0.100. The Hall–Kier alpha value is -1.10. The van der Waals surface area contributed by atoms with Crippen molar-refractivity contribution in [3.05, 3.63) is 0 Å². The van der Waals surface area contributed by atoms with Gasteiger partial charge in [0.1, 0.15) is 0 Å². The van der Waals surface area contributed by atoms with Crippen molar-refractivity contribution < 1.29 is 9.59 Å². The number of carbonyl (C=O) groups is 2. The maximum atomic E-state index is 12.9. The first-order valence-electron chi connectivity index (χ1n) is 8.18. The number of hydrogen-bond donors (Lipinski definition) is 0. The van der Waals surface area contributed by atoms with Gasteiger partial charge in [-0.2, -0.15) is 0 Å². The molecule has 120 valence electrons. The Bertz CT molecular complexity index is 378. The van der Waals surface area contributed by atoms with E-state index >= 15 is 0 Å². The number of piperidine rings is 1. The fourth-order valence-electron chi connectivity index (χ4n) is 3.38. The molecule has 0 bridgehead atoms. The fourth-order valence-corrected chi connectivity index (χ4v) is 3.38. The summed E-state index contributed by atoms with van der Waals surface area (Å²) in [5.74, 6) is 0.222. The highest BCUT2D eigenvalue weighted by molar-refractivity contribution is 5.87. The number of rotatable bonds is 5. The number of likely N-dealkylation sites (N-methyl/N-ethyl adjacent to an activating group) is 1. The summed E-state index contributed by atoms with van der Waals surface area (Å²) in [4.78, 5) is 30.7. The van der Waals surface area contributed by atoms with E-state index < -0.39 is 0 Å². The smallest absolute Gasteiger partial charge is 0.226 e. The first kappa shape index (κ1) is 16.3. The molecular weight excluding hydrogens is 266 g/mol. The molecule has 2 amide bonds. The van der Waals surface area contributed by atoms with Crippen LogP contribution in [0, 0.1) is 5.92 Å². The van der Waals surface area contributed by atoms with Gasteiger partial charge >= 0.3 is 0 Å². The molecule has 1 aliphatic heterocycles. The third kappa shape index (κ3) is 4.19. The Kier molecular flexibility index (Phi) is 5.62. The van der Waals surface area contributed by atoms with Crippen LogP contribution in [-0.2, 0) is 9.59 Å². The van der Waals surface area contributed by atoms with Crippen molar-refractivity contribution in [1.82, 2.24) is 14.7 Å². The van der Waals surface area contributed by atoms with E-state index in [1.165, 1.54) is 12.8 Å². The van der Waals surface area contributed by atoms with Crippen LogP contribution < -0.4 is 0 Å². The first-order valence-corrected chi connectivity index (χ1v) is 8.18. The van der Waals surface area contributed by atoms with Crippen molar-refractivity contribution in [3.8, 4) is 0 Å². The van der Waals surface area contributed by atoms with Crippen molar-refractivity contribution in [2.24, 2.45) is 5.92 Å². The largest absolute Gasteiger partial charge is 0.346 e. The zero-order valence-electron chi connectivity index (χ0n) is 13.7. The van der Waals surface area contributed by atoms with Gasteiger partial charge in [-0.3, -0.25) is 9.59 Å². The molecule has 0 aromatic heterocycles. The Morgan fingerprint density at radius 1 is 1.19 bits per heavy atom. The molecule has 1 aliphatic carbocycles. The highest BCUT2D eigenvalue weighted by Crippen LogP contribution is 2.27. The summed E-state index contributed by atoms with van der Waals surface area (Å²) in [6, 6.07) is 0.396. The molecule has 0 N–H and O–H groups in total. The number of nitrogens with zero attached hydrogens (tertiary/aromatic N) is 3. The molecule has 2 aliphatic rings. The molecule has 5 heteroatoms. The van der Waals surface area contributed by atoms with Gasteiger partial charge in [-0.15, -0.1) is 0 Å². The van der Waals surface area contributed by atoms with Crippen molar-refractivity contribution in [1.29, 1.82) is 0 Å². The highest BCUT2D eigenvalue weighted by Gasteiger charge is 2.35. The Morgan fingerprint density at radius 3 is 2.43 bits per heavy atom. The SMILES string of the molecule is CN(C)CCN(C(=O)C1CCN(C)C(=O)C1)C1CCCC1. The highest BCUT2D eigenvalue weighted by atomic mass is 16.2. The summed E-state index contributed by atoms with van der Waals surface area (Å²) in [5.41, 5.74) is 0. The summed E-state index contributed by atoms with van der Waals surface area (Å²) < 4.78 is 0. The summed E-state index contributed by atoms with van der Waals surface area (Å²) >= 11 is 0. The van der Waals surface area contributed by atoms with Gasteiger partial charge < -0.3 is 14.7 Å². The standard InChI is InChI=1S/C16H29N3O2/c1-17(2)10-11-19(14-6-4-5-7-14)16(21)13-8-9-18(3)15(20)12-13/h13-14H,4-12H2,1-3H3. The maximum absolute atomic E-state index is 12.9. The average molecular weight is 295 g/mol. The molecule has 2 rings (SSSR count). The van der Waals surface area contributed by atoms with Crippen LogP contribution in [0.15, 0.2) is 0 Å². The third-order valence-corrected chi connectivity index (χ3v) is 4.85. The molecule has 21 heavy (non-hydrogen) atoms. The van der Waals surface area contributed by atoms with Crippen LogP contribution in [0.2, 0.25) is 0 Å². The van der Waals surface area contributed by atoms with E-state index in [2.05, 4.69) is 9.80 Å². The average Bonchev–Trinajstić information content (AvgIpc) is 2.95. The van der Waals surface area contributed by atoms with Crippen molar-refractivity contribution in [2.75, 3.05) is 40.8 Å². The molecule has 1 heterocycles. The van der Waals surface area contributed by atoms with Gasteiger partial charge in [0, 0.05) is 45.1 Å². The van der Waals surface area contributed by atoms with E-state index in [1.54, 1.807) is 4.90 Å². The van der Waals surface area contributed by atoms with E-state index in [-0.39, 0.29) is 17.7 Å². The second-order valence-electron chi connectivity index (χ2n) is 6.78. The maximum Gasteiger partial charge on any atom is 0.226 e. The number of carbonyl (C=O) groups excluding carboxylic acids is 2. The second kappa shape index (κ2) is 7.25. The number of amides is 2. The predicted molar refractivity (Wildman–Crippen MR) is 82.9 cm³/mol. The molecule has 0 spiro atoms. The zero-order chi connectivity index (χ0) is 15.4. The molecule has 1 atom stereocenters. The quantitative estimate of drug-likeness (QED) is 0.765. The lowest BCUT2D eigenvalue weighted by atomic mass is 9.94. The molecule has 2 fully saturated rings.